The monoisotopic (exact) mass is 582 g/mol. The molecule has 0 saturated carbocycles. The maximum Gasteiger partial charge on any atom is 0.291 e. The molecule has 2 atom stereocenters. The molecular weight excluding hydrogens is 544 g/mol. The van der Waals surface area contributed by atoms with Crippen LogP contribution in [0.3, 0.4) is 0 Å². The molecule has 0 aromatic heterocycles. The Kier molecular flexibility index (Phi) is 8.26. The first-order chi connectivity index (χ1) is 19.9. The van der Waals surface area contributed by atoms with Crippen LogP contribution in [0, 0.1) is 33.6 Å². The molecule has 7 heteroatoms. The second-order valence-corrected chi connectivity index (χ2v) is 12.8. The molecule has 1 aliphatic carbocycles. The third-order valence-electron chi connectivity index (χ3n) is 8.18. The van der Waals surface area contributed by atoms with E-state index in [1.54, 1.807) is 6.08 Å². The number of aliphatic imine (C=N–C) groups is 1. The van der Waals surface area contributed by atoms with Crippen molar-refractivity contribution in [2.45, 2.75) is 60.5 Å². The number of anilines is 2. The van der Waals surface area contributed by atoms with Gasteiger partial charge in [-0.25, -0.2) is 0 Å². The molecule has 1 aliphatic heterocycles. The van der Waals surface area contributed by atoms with E-state index >= 15 is 0 Å². The summed E-state index contributed by atoms with van der Waals surface area (Å²) in [5, 5.41) is 3.55. The second-order valence-electron chi connectivity index (χ2n) is 11.4. The lowest BCUT2D eigenvalue weighted by Crippen LogP contribution is -2.29. The van der Waals surface area contributed by atoms with Crippen molar-refractivity contribution in [1.29, 1.82) is 0 Å². The number of ether oxygens (including phenoxy) is 1. The number of allylic oxidation sites excluding steroid dienone is 5. The lowest BCUT2D eigenvalue weighted by atomic mass is 9.80. The SMILES string of the molecule is CC(CC1Oc2cc(Nc3c(C)cccc3C)ccc2C(C2CC=CC=C2S(=O)(=O)O)=C1C)=Nc1c(C)cccc1C. The van der Waals surface area contributed by atoms with Crippen molar-refractivity contribution in [1.82, 2.24) is 0 Å². The Morgan fingerprint density at radius 2 is 1.62 bits per heavy atom. The van der Waals surface area contributed by atoms with E-state index in [0.29, 0.717) is 18.6 Å². The highest BCUT2D eigenvalue weighted by Crippen LogP contribution is 2.47. The van der Waals surface area contributed by atoms with E-state index in [9.17, 15) is 13.0 Å². The molecule has 0 fully saturated rings. The summed E-state index contributed by atoms with van der Waals surface area (Å²) < 4.78 is 41.8. The van der Waals surface area contributed by atoms with Crippen LogP contribution in [-0.4, -0.2) is 24.8 Å². The van der Waals surface area contributed by atoms with Gasteiger partial charge < -0.3 is 10.1 Å². The van der Waals surface area contributed by atoms with Crippen LogP contribution in [0.25, 0.3) is 5.57 Å². The van der Waals surface area contributed by atoms with E-state index in [0.717, 1.165) is 61.7 Å². The molecular formula is C35H38N2O4S. The van der Waals surface area contributed by atoms with Crippen molar-refractivity contribution in [3.63, 3.8) is 0 Å². The summed E-state index contributed by atoms with van der Waals surface area (Å²) in [7, 11) is -4.40. The summed E-state index contributed by atoms with van der Waals surface area (Å²) in [5.41, 5.74) is 10.9. The van der Waals surface area contributed by atoms with Gasteiger partial charge in [-0.1, -0.05) is 48.6 Å². The number of nitrogens with zero attached hydrogens (tertiary/aromatic N) is 1. The third kappa shape index (κ3) is 5.98. The minimum absolute atomic E-state index is 0.00427. The molecule has 3 aromatic rings. The van der Waals surface area contributed by atoms with Crippen LogP contribution in [0.5, 0.6) is 5.75 Å². The molecule has 0 amide bonds. The van der Waals surface area contributed by atoms with Crippen molar-refractivity contribution >= 4 is 38.5 Å². The topological polar surface area (TPSA) is 88.0 Å². The quantitative estimate of drug-likeness (QED) is 0.215. The number of rotatable bonds is 7. The van der Waals surface area contributed by atoms with Gasteiger partial charge in [0, 0.05) is 41.1 Å². The summed E-state index contributed by atoms with van der Waals surface area (Å²) in [5.74, 6) is 0.143. The van der Waals surface area contributed by atoms with Gasteiger partial charge in [0.25, 0.3) is 10.1 Å². The molecule has 42 heavy (non-hydrogen) atoms. The fourth-order valence-electron chi connectivity index (χ4n) is 5.98. The summed E-state index contributed by atoms with van der Waals surface area (Å²) in [6.45, 7) is 12.3. The predicted molar refractivity (Wildman–Crippen MR) is 173 cm³/mol. The average molecular weight is 583 g/mol. The van der Waals surface area contributed by atoms with Crippen LogP contribution < -0.4 is 10.1 Å². The van der Waals surface area contributed by atoms with Crippen LogP contribution in [0.1, 0.15) is 54.5 Å². The maximum atomic E-state index is 12.5. The van der Waals surface area contributed by atoms with Gasteiger partial charge in [-0.3, -0.25) is 9.55 Å². The first kappa shape index (κ1) is 29.5. The maximum absolute atomic E-state index is 12.5. The highest BCUT2D eigenvalue weighted by atomic mass is 32.2. The number of hydrogen-bond donors (Lipinski definition) is 2. The fourth-order valence-corrected chi connectivity index (χ4v) is 6.81. The van der Waals surface area contributed by atoms with Gasteiger partial charge in [0.2, 0.25) is 0 Å². The fraction of sp³-hybridized carbons (Fsp3) is 0.286. The zero-order chi connectivity index (χ0) is 30.2. The van der Waals surface area contributed by atoms with Crippen molar-refractivity contribution in [2.24, 2.45) is 10.9 Å². The highest BCUT2D eigenvalue weighted by molar-refractivity contribution is 7.89. The normalized spacial score (nSPS) is 18.8. The van der Waals surface area contributed by atoms with Gasteiger partial charge in [-0.2, -0.15) is 8.42 Å². The van der Waals surface area contributed by atoms with E-state index in [1.165, 1.54) is 6.08 Å². The van der Waals surface area contributed by atoms with Crippen molar-refractivity contribution in [3.05, 3.63) is 111 Å². The molecule has 5 rings (SSSR count). The minimum atomic E-state index is -4.40. The molecule has 3 aromatic carbocycles. The number of nitrogens with one attached hydrogen (secondary N) is 1. The molecule has 2 N–H and O–H groups in total. The van der Waals surface area contributed by atoms with Crippen LogP contribution >= 0.6 is 0 Å². The number of benzene rings is 3. The van der Waals surface area contributed by atoms with E-state index in [4.69, 9.17) is 9.73 Å². The molecule has 0 radical (unpaired) electrons. The van der Waals surface area contributed by atoms with E-state index in [1.807, 2.05) is 50.3 Å². The van der Waals surface area contributed by atoms with E-state index < -0.39 is 16.0 Å². The zero-order valence-electron chi connectivity index (χ0n) is 25.0. The van der Waals surface area contributed by atoms with Gasteiger partial charge in [-0.05, 0) is 99.6 Å². The number of fused-ring (bicyclic) bond motifs is 1. The predicted octanol–water partition coefficient (Wildman–Crippen LogP) is 8.73. The molecule has 0 bridgehead atoms. The van der Waals surface area contributed by atoms with Gasteiger partial charge in [0.05, 0.1) is 10.6 Å². The smallest absolute Gasteiger partial charge is 0.291 e. The third-order valence-corrected chi connectivity index (χ3v) is 9.20. The largest absolute Gasteiger partial charge is 0.485 e. The highest BCUT2D eigenvalue weighted by Gasteiger charge is 2.36. The summed E-state index contributed by atoms with van der Waals surface area (Å²) >= 11 is 0. The Morgan fingerprint density at radius 3 is 2.26 bits per heavy atom. The van der Waals surface area contributed by atoms with Crippen LogP contribution in [0.2, 0.25) is 0 Å². The van der Waals surface area contributed by atoms with Crippen LogP contribution in [0.15, 0.2) is 88.3 Å². The van der Waals surface area contributed by atoms with Crippen LogP contribution in [-0.2, 0) is 10.1 Å². The number of hydrogen-bond acceptors (Lipinski definition) is 5. The van der Waals surface area contributed by atoms with Crippen molar-refractivity contribution in [3.8, 4) is 5.75 Å². The van der Waals surface area contributed by atoms with Gasteiger partial charge in [0.1, 0.15) is 11.9 Å². The molecule has 2 aliphatic rings. The number of para-hydroxylation sites is 2. The van der Waals surface area contributed by atoms with E-state index in [2.05, 4.69) is 57.3 Å². The molecule has 0 spiro atoms. The average Bonchev–Trinajstić information content (AvgIpc) is 2.93. The molecule has 1 heterocycles. The second kappa shape index (κ2) is 11.7. The summed E-state index contributed by atoms with van der Waals surface area (Å²) in [6, 6.07) is 18.3. The lowest BCUT2D eigenvalue weighted by Gasteiger charge is -2.34. The van der Waals surface area contributed by atoms with Crippen molar-refractivity contribution in [2.75, 3.05) is 5.32 Å². The Labute approximate surface area is 249 Å². The summed E-state index contributed by atoms with van der Waals surface area (Å²) in [6.07, 6.45) is 5.76. The molecule has 6 nitrogen and oxygen atoms in total. The zero-order valence-corrected chi connectivity index (χ0v) is 25.8. The Bertz CT molecular complexity index is 1740. The molecule has 2 unspecified atom stereocenters. The van der Waals surface area contributed by atoms with Crippen LogP contribution in [0.4, 0.5) is 17.1 Å². The number of aryl methyl sites for hydroxylation is 4. The Morgan fingerprint density at radius 1 is 0.976 bits per heavy atom. The lowest BCUT2D eigenvalue weighted by molar-refractivity contribution is 0.239. The van der Waals surface area contributed by atoms with Gasteiger partial charge >= 0.3 is 0 Å². The molecule has 218 valence electrons. The Hall–Kier alpha value is -3.94. The molecule has 0 saturated heterocycles. The first-order valence-corrected chi connectivity index (χ1v) is 15.7. The minimum Gasteiger partial charge on any atom is -0.485 e. The van der Waals surface area contributed by atoms with Gasteiger partial charge in [-0.15, -0.1) is 0 Å². The standard InChI is InChI=1S/C35H38N2O4S/c1-21-11-9-12-22(2)34(21)36-25(5)19-30-26(6)33(29-15-7-8-16-32(29)42(38,39)40)28-18-17-27(20-31(28)41-30)37-35-23(3)13-10-14-24(35)4/h7-14,16-18,20,29-30,37H,15,19H2,1-6H3,(H,38,39,40). The first-order valence-electron chi connectivity index (χ1n) is 14.2. The van der Waals surface area contributed by atoms with E-state index in [-0.39, 0.29) is 11.0 Å². The van der Waals surface area contributed by atoms with Crippen molar-refractivity contribution < 1.29 is 17.7 Å². The van der Waals surface area contributed by atoms with Gasteiger partial charge in [0.15, 0.2) is 0 Å². The Balaban J connectivity index is 1.59. The summed E-state index contributed by atoms with van der Waals surface area (Å²) in [4.78, 5) is 4.97.